The standard InChI is InChI=1S/C21H23FN4O3/c1-3-25-13-17(28-19-7-5-4-6-18(19)25)12-24(2)14-26-21(27)29-20(23-26)15-8-10-16(22)11-9-15/h4-11,17H,3,12-14H2,1-2H3/t17-/m0/s1. The lowest BCUT2D eigenvalue weighted by Gasteiger charge is -2.37. The van der Waals surface area contributed by atoms with Crippen LogP contribution in [0.3, 0.4) is 0 Å². The molecule has 1 atom stereocenters. The molecule has 0 bridgehead atoms. The number of likely N-dealkylation sites (N-methyl/N-ethyl adjacent to an activating group) is 2. The van der Waals surface area contributed by atoms with E-state index in [0.29, 0.717) is 12.1 Å². The minimum absolute atomic E-state index is 0.0333. The van der Waals surface area contributed by atoms with Crippen LogP contribution in [-0.2, 0) is 6.67 Å². The SMILES string of the molecule is CCN1C[C@H](CN(C)Cn2nc(-c3ccc(F)cc3)oc2=O)Oc2ccccc21. The summed E-state index contributed by atoms with van der Waals surface area (Å²) in [7, 11) is 1.90. The number of ether oxygens (including phenoxy) is 1. The van der Waals surface area contributed by atoms with Crippen LogP contribution in [0.25, 0.3) is 11.5 Å². The molecule has 3 aromatic rings. The quantitative estimate of drug-likeness (QED) is 0.636. The smallest absolute Gasteiger partial charge is 0.438 e. The Morgan fingerprint density at radius 1 is 1.21 bits per heavy atom. The molecule has 29 heavy (non-hydrogen) atoms. The highest BCUT2D eigenvalue weighted by molar-refractivity contribution is 5.60. The molecule has 152 valence electrons. The van der Waals surface area contributed by atoms with Gasteiger partial charge in [-0.2, -0.15) is 4.68 Å². The van der Waals surface area contributed by atoms with Gasteiger partial charge in [-0.15, -0.1) is 5.10 Å². The number of halogens is 1. The van der Waals surface area contributed by atoms with Gasteiger partial charge in [0.05, 0.1) is 12.2 Å². The molecule has 2 aromatic carbocycles. The average Bonchev–Trinajstić information content (AvgIpc) is 3.08. The largest absolute Gasteiger partial charge is 0.485 e. The van der Waals surface area contributed by atoms with Gasteiger partial charge in [-0.3, -0.25) is 4.90 Å². The van der Waals surface area contributed by atoms with Gasteiger partial charge in [-0.25, -0.2) is 9.18 Å². The Balaban J connectivity index is 1.43. The van der Waals surface area contributed by atoms with Gasteiger partial charge in [-0.05, 0) is 50.4 Å². The second kappa shape index (κ2) is 8.08. The molecule has 0 N–H and O–H groups in total. The van der Waals surface area contributed by atoms with Gasteiger partial charge in [0.15, 0.2) is 0 Å². The van der Waals surface area contributed by atoms with E-state index in [1.54, 1.807) is 0 Å². The molecule has 0 aliphatic carbocycles. The number of para-hydroxylation sites is 2. The fourth-order valence-corrected chi connectivity index (χ4v) is 3.51. The highest BCUT2D eigenvalue weighted by Gasteiger charge is 2.25. The Kier molecular flexibility index (Phi) is 5.35. The van der Waals surface area contributed by atoms with Crippen LogP contribution < -0.4 is 15.4 Å². The molecule has 0 unspecified atom stereocenters. The molecule has 0 radical (unpaired) electrons. The molecule has 0 spiro atoms. The summed E-state index contributed by atoms with van der Waals surface area (Å²) in [6, 6.07) is 13.7. The maximum atomic E-state index is 13.1. The van der Waals surface area contributed by atoms with Gasteiger partial charge in [0.2, 0.25) is 5.89 Å². The maximum Gasteiger partial charge on any atom is 0.438 e. The molecule has 0 fully saturated rings. The van der Waals surface area contributed by atoms with Crippen molar-refractivity contribution in [1.29, 1.82) is 0 Å². The molecule has 1 aliphatic rings. The predicted molar refractivity (Wildman–Crippen MR) is 108 cm³/mol. The fraction of sp³-hybridized carbons (Fsp3) is 0.333. The van der Waals surface area contributed by atoms with Gasteiger partial charge in [-0.1, -0.05) is 12.1 Å². The molecule has 7 nitrogen and oxygen atoms in total. The zero-order valence-corrected chi connectivity index (χ0v) is 16.4. The summed E-state index contributed by atoms with van der Waals surface area (Å²) in [5, 5.41) is 4.23. The number of benzene rings is 2. The van der Waals surface area contributed by atoms with Gasteiger partial charge >= 0.3 is 5.76 Å². The van der Waals surface area contributed by atoms with E-state index in [4.69, 9.17) is 9.15 Å². The maximum absolute atomic E-state index is 13.1. The first-order valence-corrected chi connectivity index (χ1v) is 9.56. The van der Waals surface area contributed by atoms with Crippen LogP contribution in [0.2, 0.25) is 0 Å². The predicted octanol–water partition coefficient (Wildman–Crippen LogP) is 2.82. The summed E-state index contributed by atoms with van der Waals surface area (Å²) >= 11 is 0. The van der Waals surface area contributed by atoms with E-state index in [0.717, 1.165) is 24.5 Å². The van der Waals surface area contributed by atoms with Gasteiger partial charge in [0.1, 0.15) is 24.3 Å². The van der Waals surface area contributed by atoms with E-state index in [2.05, 4.69) is 23.0 Å². The summed E-state index contributed by atoms with van der Waals surface area (Å²) in [5.74, 6) is 0.131. The van der Waals surface area contributed by atoms with E-state index < -0.39 is 5.76 Å². The Morgan fingerprint density at radius 3 is 2.72 bits per heavy atom. The lowest BCUT2D eigenvalue weighted by Crippen LogP contribution is -2.46. The second-order valence-electron chi connectivity index (χ2n) is 7.11. The van der Waals surface area contributed by atoms with Crippen LogP contribution >= 0.6 is 0 Å². The lowest BCUT2D eigenvalue weighted by atomic mass is 10.2. The van der Waals surface area contributed by atoms with Crippen molar-refractivity contribution in [2.24, 2.45) is 0 Å². The molecule has 2 heterocycles. The number of aromatic nitrogens is 2. The first-order chi connectivity index (χ1) is 14.0. The van der Waals surface area contributed by atoms with Crippen LogP contribution in [0.5, 0.6) is 5.75 Å². The Morgan fingerprint density at radius 2 is 1.97 bits per heavy atom. The summed E-state index contributed by atoms with van der Waals surface area (Å²) in [6.07, 6.45) is -0.0333. The van der Waals surface area contributed by atoms with Gasteiger partial charge in [0, 0.05) is 18.7 Å². The molecule has 4 rings (SSSR count). The number of hydrogen-bond acceptors (Lipinski definition) is 6. The van der Waals surface area contributed by atoms with E-state index in [1.807, 2.05) is 30.1 Å². The molecule has 1 aliphatic heterocycles. The summed E-state index contributed by atoms with van der Waals surface area (Å²) < 4.78 is 25.7. The van der Waals surface area contributed by atoms with Crippen molar-refractivity contribution in [3.8, 4) is 17.2 Å². The van der Waals surface area contributed by atoms with Gasteiger partial charge in [0.25, 0.3) is 0 Å². The minimum Gasteiger partial charge on any atom is -0.485 e. The van der Waals surface area contributed by atoms with Crippen molar-refractivity contribution in [2.75, 3.05) is 31.6 Å². The van der Waals surface area contributed by atoms with Crippen molar-refractivity contribution in [2.45, 2.75) is 19.7 Å². The van der Waals surface area contributed by atoms with Crippen molar-refractivity contribution in [3.05, 3.63) is 64.9 Å². The molecular weight excluding hydrogens is 375 g/mol. The first kappa shape index (κ1) is 19.2. The van der Waals surface area contributed by atoms with Crippen LogP contribution in [-0.4, -0.2) is 47.5 Å². The average molecular weight is 398 g/mol. The number of nitrogens with zero attached hydrogens (tertiary/aromatic N) is 4. The first-order valence-electron chi connectivity index (χ1n) is 9.56. The monoisotopic (exact) mass is 398 g/mol. The number of rotatable bonds is 6. The van der Waals surface area contributed by atoms with E-state index >= 15 is 0 Å². The zero-order valence-electron chi connectivity index (χ0n) is 16.4. The van der Waals surface area contributed by atoms with E-state index in [9.17, 15) is 9.18 Å². The molecule has 0 amide bonds. The zero-order chi connectivity index (χ0) is 20.4. The van der Waals surface area contributed by atoms with Crippen molar-refractivity contribution >= 4 is 5.69 Å². The van der Waals surface area contributed by atoms with Crippen molar-refractivity contribution in [1.82, 2.24) is 14.7 Å². The van der Waals surface area contributed by atoms with Crippen LogP contribution in [0, 0.1) is 5.82 Å². The van der Waals surface area contributed by atoms with Gasteiger partial charge < -0.3 is 14.1 Å². The number of anilines is 1. The highest BCUT2D eigenvalue weighted by Crippen LogP contribution is 2.32. The third kappa shape index (κ3) is 4.17. The molecular formula is C21H23FN4O3. The number of hydrogen-bond donors (Lipinski definition) is 0. The molecule has 1 aromatic heterocycles. The molecule has 8 heteroatoms. The second-order valence-corrected chi connectivity index (χ2v) is 7.11. The number of fused-ring (bicyclic) bond motifs is 1. The topological polar surface area (TPSA) is 63.7 Å². The Labute approximate surface area is 167 Å². The van der Waals surface area contributed by atoms with Crippen molar-refractivity contribution in [3.63, 3.8) is 0 Å². The van der Waals surface area contributed by atoms with Crippen LogP contribution in [0.15, 0.2) is 57.7 Å². The Bertz CT molecular complexity index is 1030. The minimum atomic E-state index is -0.554. The Hall–Kier alpha value is -3.13. The van der Waals surface area contributed by atoms with E-state index in [1.165, 1.54) is 28.9 Å². The lowest BCUT2D eigenvalue weighted by molar-refractivity contribution is 0.122. The molecule has 0 saturated carbocycles. The third-order valence-corrected chi connectivity index (χ3v) is 4.89. The fourth-order valence-electron chi connectivity index (χ4n) is 3.51. The summed E-state index contributed by atoms with van der Waals surface area (Å²) in [6.45, 7) is 4.67. The normalized spacial score (nSPS) is 16.0. The summed E-state index contributed by atoms with van der Waals surface area (Å²) in [5.41, 5.74) is 1.65. The third-order valence-electron chi connectivity index (χ3n) is 4.89. The molecule has 0 saturated heterocycles. The van der Waals surface area contributed by atoms with Crippen LogP contribution in [0.1, 0.15) is 6.92 Å². The summed E-state index contributed by atoms with van der Waals surface area (Å²) in [4.78, 5) is 16.4. The van der Waals surface area contributed by atoms with Crippen LogP contribution in [0.4, 0.5) is 10.1 Å². The van der Waals surface area contributed by atoms with Crippen molar-refractivity contribution < 1.29 is 13.5 Å². The highest BCUT2D eigenvalue weighted by atomic mass is 19.1. The van der Waals surface area contributed by atoms with E-state index in [-0.39, 0.29) is 24.5 Å².